The predicted octanol–water partition coefficient (Wildman–Crippen LogP) is 6.46. The third kappa shape index (κ3) is 4.55. The molecular formula is C24H30O2. The zero-order valence-electron chi connectivity index (χ0n) is 16.0. The molecule has 1 fully saturated rings. The smallest absolute Gasteiger partial charge is 0.153 e. The van der Waals surface area contributed by atoms with Crippen LogP contribution in [0.15, 0.2) is 42.5 Å². The highest BCUT2D eigenvalue weighted by Gasteiger charge is 2.23. The largest absolute Gasteiger partial charge is 0.488 e. The highest BCUT2D eigenvalue weighted by molar-refractivity contribution is 5.79. The van der Waals surface area contributed by atoms with Crippen molar-refractivity contribution >= 4 is 6.29 Å². The van der Waals surface area contributed by atoms with Crippen molar-refractivity contribution < 1.29 is 9.53 Å². The molecule has 0 N–H and O–H groups in total. The van der Waals surface area contributed by atoms with Gasteiger partial charge in [-0.05, 0) is 67.7 Å². The maximum Gasteiger partial charge on any atom is 0.153 e. The molecule has 1 saturated carbocycles. The van der Waals surface area contributed by atoms with Crippen LogP contribution in [-0.4, -0.2) is 6.29 Å². The van der Waals surface area contributed by atoms with Crippen molar-refractivity contribution in [2.24, 2.45) is 5.92 Å². The first-order valence-electron chi connectivity index (χ1n) is 9.97. The summed E-state index contributed by atoms with van der Waals surface area (Å²) in [5.74, 6) is 2.24. The molecule has 1 aliphatic rings. The summed E-state index contributed by atoms with van der Waals surface area (Å²) in [6.07, 6.45) is 8.82. The lowest BCUT2D eigenvalue weighted by Gasteiger charge is -2.30. The SMILES string of the molecule is CCCC1CCC(c2ccccc2COc2ccc(C)cc2C=O)CC1. The van der Waals surface area contributed by atoms with Gasteiger partial charge < -0.3 is 4.74 Å². The summed E-state index contributed by atoms with van der Waals surface area (Å²) < 4.78 is 6.03. The van der Waals surface area contributed by atoms with Gasteiger partial charge in [-0.2, -0.15) is 0 Å². The van der Waals surface area contributed by atoms with Gasteiger partial charge in [0.1, 0.15) is 12.4 Å². The standard InChI is InChI=1S/C24H30O2/c1-3-6-19-10-12-20(13-11-19)23-8-5-4-7-21(23)17-26-24-14-9-18(2)15-22(24)16-25/h4-5,7-9,14-16,19-20H,3,6,10-13,17H2,1-2H3. The quantitative estimate of drug-likeness (QED) is 0.536. The van der Waals surface area contributed by atoms with Crippen LogP contribution in [0, 0.1) is 12.8 Å². The molecule has 2 nitrogen and oxygen atoms in total. The first-order valence-corrected chi connectivity index (χ1v) is 9.97. The van der Waals surface area contributed by atoms with Crippen LogP contribution in [0.5, 0.6) is 5.75 Å². The van der Waals surface area contributed by atoms with Crippen LogP contribution in [0.3, 0.4) is 0 Å². The number of carbonyl (C=O) groups excluding carboxylic acids is 1. The fourth-order valence-electron chi connectivity index (χ4n) is 4.28. The summed E-state index contributed by atoms with van der Waals surface area (Å²) in [7, 11) is 0. The highest BCUT2D eigenvalue weighted by atomic mass is 16.5. The summed E-state index contributed by atoms with van der Waals surface area (Å²) in [5.41, 5.74) is 4.39. The number of benzene rings is 2. The molecule has 138 valence electrons. The number of hydrogen-bond acceptors (Lipinski definition) is 2. The Morgan fingerprint density at radius 1 is 1.08 bits per heavy atom. The molecule has 1 aliphatic carbocycles. The Morgan fingerprint density at radius 3 is 2.58 bits per heavy atom. The monoisotopic (exact) mass is 350 g/mol. The predicted molar refractivity (Wildman–Crippen MR) is 107 cm³/mol. The van der Waals surface area contributed by atoms with Gasteiger partial charge in [-0.1, -0.05) is 55.7 Å². The van der Waals surface area contributed by atoms with Crippen LogP contribution in [-0.2, 0) is 6.61 Å². The van der Waals surface area contributed by atoms with E-state index in [2.05, 4.69) is 31.2 Å². The molecule has 0 heterocycles. The van der Waals surface area contributed by atoms with E-state index in [4.69, 9.17) is 4.74 Å². The third-order valence-electron chi connectivity index (χ3n) is 5.71. The van der Waals surface area contributed by atoms with Crippen molar-refractivity contribution in [3.8, 4) is 5.75 Å². The van der Waals surface area contributed by atoms with Gasteiger partial charge in [-0.25, -0.2) is 0 Å². The zero-order valence-corrected chi connectivity index (χ0v) is 16.0. The number of ether oxygens (including phenoxy) is 1. The molecule has 0 aromatic heterocycles. The van der Waals surface area contributed by atoms with Crippen molar-refractivity contribution in [2.75, 3.05) is 0 Å². The number of hydrogen-bond donors (Lipinski definition) is 0. The average Bonchev–Trinajstić information content (AvgIpc) is 2.68. The van der Waals surface area contributed by atoms with E-state index in [1.54, 1.807) is 0 Å². The fraction of sp³-hybridized carbons (Fsp3) is 0.458. The van der Waals surface area contributed by atoms with E-state index in [9.17, 15) is 4.79 Å². The maximum atomic E-state index is 11.3. The van der Waals surface area contributed by atoms with E-state index in [1.807, 2.05) is 25.1 Å². The molecule has 0 spiro atoms. The molecule has 0 amide bonds. The molecule has 3 rings (SSSR count). The van der Waals surface area contributed by atoms with Crippen LogP contribution in [0.2, 0.25) is 0 Å². The Kier molecular flexibility index (Phi) is 6.49. The second-order valence-electron chi connectivity index (χ2n) is 7.65. The van der Waals surface area contributed by atoms with E-state index in [0.717, 1.165) is 17.8 Å². The van der Waals surface area contributed by atoms with Gasteiger partial charge in [0.05, 0.1) is 5.56 Å². The highest BCUT2D eigenvalue weighted by Crippen LogP contribution is 2.38. The Labute approximate surface area is 157 Å². The molecule has 0 atom stereocenters. The van der Waals surface area contributed by atoms with Gasteiger partial charge in [0.25, 0.3) is 0 Å². The molecule has 26 heavy (non-hydrogen) atoms. The van der Waals surface area contributed by atoms with Gasteiger partial charge in [-0.15, -0.1) is 0 Å². The average molecular weight is 351 g/mol. The van der Waals surface area contributed by atoms with E-state index < -0.39 is 0 Å². The van der Waals surface area contributed by atoms with E-state index in [0.29, 0.717) is 23.8 Å². The van der Waals surface area contributed by atoms with E-state index >= 15 is 0 Å². The summed E-state index contributed by atoms with van der Waals surface area (Å²) in [5, 5.41) is 0. The molecule has 2 aromatic rings. The topological polar surface area (TPSA) is 26.3 Å². The first kappa shape index (κ1) is 18.7. The number of carbonyl (C=O) groups is 1. The normalized spacial score (nSPS) is 19.9. The van der Waals surface area contributed by atoms with Crippen LogP contribution >= 0.6 is 0 Å². The van der Waals surface area contributed by atoms with Crippen molar-refractivity contribution in [1.82, 2.24) is 0 Å². The fourth-order valence-corrected chi connectivity index (χ4v) is 4.28. The molecular weight excluding hydrogens is 320 g/mol. The second-order valence-corrected chi connectivity index (χ2v) is 7.65. The summed E-state index contributed by atoms with van der Waals surface area (Å²) in [6, 6.07) is 14.4. The summed E-state index contributed by atoms with van der Waals surface area (Å²) in [6.45, 7) is 4.80. The van der Waals surface area contributed by atoms with Crippen molar-refractivity contribution in [3.05, 3.63) is 64.7 Å². The minimum atomic E-state index is 0.523. The van der Waals surface area contributed by atoms with Crippen molar-refractivity contribution in [1.29, 1.82) is 0 Å². The Morgan fingerprint density at radius 2 is 1.85 bits per heavy atom. The van der Waals surface area contributed by atoms with Crippen LogP contribution in [0.4, 0.5) is 0 Å². The number of rotatable bonds is 7. The summed E-state index contributed by atoms with van der Waals surface area (Å²) >= 11 is 0. The Bertz CT molecular complexity index is 727. The van der Waals surface area contributed by atoms with Crippen LogP contribution in [0.25, 0.3) is 0 Å². The minimum Gasteiger partial charge on any atom is -0.488 e. The number of aldehydes is 1. The minimum absolute atomic E-state index is 0.523. The molecule has 0 bridgehead atoms. The number of aryl methyl sites for hydroxylation is 1. The van der Waals surface area contributed by atoms with Crippen molar-refractivity contribution in [2.45, 2.75) is 64.9 Å². The molecule has 2 heteroatoms. The molecule has 0 unspecified atom stereocenters. The van der Waals surface area contributed by atoms with Gasteiger partial charge >= 0.3 is 0 Å². The van der Waals surface area contributed by atoms with Gasteiger partial charge in [-0.3, -0.25) is 4.79 Å². The maximum absolute atomic E-state index is 11.3. The van der Waals surface area contributed by atoms with E-state index in [1.165, 1.54) is 49.7 Å². The lowest BCUT2D eigenvalue weighted by atomic mass is 9.76. The molecule has 2 aromatic carbocycles. The third-order valence-corrected chi connectivity index (χ3v) is 5.71. The lowest BCUT2D eigenvalue weighted by Crippen LogP contribution is -2.15. The van der Waals surface area contributed by atoms with Crippen molar-refractivity contribution in [3.63, 3.8) is 0 Å². The van der Waals surface area contributed by atoms with E-state index in [-0.39, 0.29) is 0 Å². The van der Waals surface area contributed by atoms with Gasteiger partial charge in [0.2, 0.25) is 0 Å². The Balaban J connectivity index is 1.69. The lowest BCUT2D eigenvalue weighted by molar-refractivity contribution is 0.111. The second kappa shape index (κ2) is 9.02. The van der Waals surface area contributed by atoms with Gasteiger partial charge in [0, 0.05) is 0 Å². The Hall–Kier alpha value is -2.09. The first-order chi connectivity index (χ1) is 12.7. The molecule has 0 aliphatic heterocycles. The van der Waals surface area contributed by atoms with Crippen LogP contribution in [0.1, 0.15) is 78.4 Å². The molecule has 0 radical (unpaired) electrons. The summed E-state index contributed by atoms with van der Waals surface area (Å²) in [4.78, 5) is 11.3. The van der Waals surface area contributed by atoms with Crippen LogP contribution < -0.4 is 4.74 Å². The zero-order chi connectivity index (χ0) is 18.4. The molecule has 0 saturated heterocycles. The van der Waals surface area contributed by atoms with Gasteiger partial charge in [0.15, 0.2) is 6.29 Å².